The SMILES string of the molecule is C=C(C)C(=O)OCCOC(=O)Oc1ccc(Oc2ccc(OC(=O)OCCOC(=O)C(=C)C)cc2)cc1. The highest BCUT2D eigenvalue weighted by Crippen LogP contribution is 2.26. The summed E-state index contributed by atoms with van der Waals surface area (Å²) < 4.78 is 35.0. The van der Waals surface area contributed by atoms with Gasteiger partial charge in [-0.1, -0.05) is 13.2 Å². The van der Waals surface area contributed by atoms with Crippen molar-refractivity contribution in [1.29, 1.82) is 0 Å². The molecule has 0 saturated heterocycles. The molecule has 0 aliphatic carbocycles. The second-order valence-electron chi connectivity index (χ2n) is 7.28. The fraction of sp³-hybridized carbons (Fsp3) is 0.231. The minimum Gasteiger partial charge on any atom is -0.459 e. The van der Waals surface area contributed by atoms with Gasteiger partial charge < -0.3 is 33.2 Å². The van der Waals surface area contributed by atoms with Crippen molar-refractivity contribution in [2.24, 2.45) is 0 Å². The molecule has 0 bridgehead atoms. The van der Waals surface area contributed by atoms with E-state index in [4.69, 9.17) is 33.2 Å². The van der Waals surface area contributed by atoms with Gasteiger partial charge in [0.25, 0.3) is 0 Å². The molecule has 0 unspecified atom stereocenters. The Kier molecular flexibility index (Phi) is 11.2. The van der Waals surface area contributed by atoms with Crippen LogP contribution in [0.25, 0.3) is 0 Å². The Bertz CT molecular complexity index is 1030. The molecule has 0 N–H and O–H groups in total. The number of carbonyl (C=O) groups excluding carboxylic acids is 4. The van der Waals surface area contributed by atoms with Crippen LogP contribution in [0.15, 0.2) is 72.8 Å². The van der Waals surface area contributed by atoms with Gasteiger partial charge in [-0.15, -0.1) is 0 Å². The Morgan fingerprint density at radius 3 is 1.16 bits per heavy atom. The van der Waals surface area contributed by atoms with Gasteiger partial charge in [-0.3, -0.25) is 0 Å². The monoisotopic (exact) mass is 514 g/mol. The van der Waals surface area contributed by atoms with Crippen LogP contribution in [0.3, 0.4) is 0 Å². The predicted octanol–water partition coefficient (Wildman–Crippen LogP) is 4.75. The van der Waals surface area contributed by atoms with Crippen LogP contribution in [0, 0.1) is 0 Å². The molecule has 0 heterocycles. The molecule has 196 valence electrons. The van der Waals surface area contributed by atoms with Gasteiger partial charge in [-0.05, 0) is 62.4 Å². The van der Waals surface area contributed by atoms with E-state index in [9.17, 15) is 19.2 Å². The zero-order valence-electron chi connectivity index (χ0n) is 20.4. The first-order valence-corrected chi connectivity index (χ1v) is 10.9. The molecule has 0 radical (unpaired) electrons. The van der Waals surface area contributed by atoms with E-state index < -0.39 is 24.2 Å². The molecule has 0 aromatic heterocycles. The van der Waals surface area contributed by atoms with Crippen LogP contribution in [0.4, 0.5) is 9.59 Å². The van der Waals surface area contributed by atoms with E-state index in [-0.39, 0.29) is 49.1 Å². The molecule has 37 heavy (non-hydrogen) atoms. The molecule has 0 amide bonds. The summed E-state index contributed by atoms with van der Waals surface area (Å²) in [5, 5.41) is 0. The van der Waals surface area contributed by atoms with Gasteiger partial charge in [0.2, 0.25) is 0 Å². The first-order valence-electron chi connectivity index (χ1n) is 10.9. The quantitative estimate of drug-likeness (QED) is 0.128. The first-order chi connectivity index (χ1) is 17.6. The number of ether oxygens (including phenoxy) is 7. The summed E-state index contributed by atoms with van der Waals surface area (Å²) in [4.78, 5) is 45.9. The third-order valence-electron chi connectivity index (χ3n) is 4.06. The van der Waals surface area contributed by atoms with Crippen LogP contribution in [-0.2, 0) is 28.5 Å². The van der Waals surface area contributed by atoms with Crippen LogP contribution in [-0.4, -0.2) is 50.7 Å². The molecule has 0 atom stereocenters. The highest BCUT2D eigenvalue weighted by atomic mass is 16.7. The average Bonchev–Trinajstić information content (AvgIpc) is 2.86. The Morgan fingerprint density at radius 2 is 0.838 bits per heavy atom. The van der Waals surface area contributed by atoms with E-state index in [1.807, 2.05) is 0 Å². The topological polar surface area (TPSA) is 133 Å². The molecule has 0 aliphatic heterocycles. The first kappa shape index (κ1) is 28.4. The summed E-state index contributed by atoms with van der Waals surface area (Å²) in [6, 6.07) is 12.3. The van der Waals surface area contributed by atoms with Crippen LogP contribution in [0.1, 0.15) is 13.8 Å². The number of carbonyl (C=O) groups is 4. The number of esters is 2. The Hall–Kier alpha value is -4.80. The van der Waals surface area contributed by atoms with E-state index in [2.05, 4.69) is 13.2 Å². The minimum atomic E-state index is -0.956. The lowest BCUT2D eigenvalue weighted by molar-refractivity contribution is -0.140. The lowest BCUT2D eigenvalue weighted by atomic mass is 10.3. The van der Waals surface area contributed by atoms with Gasteiger partial charge in [-0.2, -0.15) is 0 Å². The smallest absolute Gasteiger partial charge is 0.459 e. The Labute approximate surface area is 213 Å². The molecule has 2 aromatic rings. The fourth-order valence-corrected chi connectivity index (χ4v) is 2.30. The maximum absolute atomic E-state index is 11.7. The van der Waals surface area contributed by atoms with Gasteiger partial charge in [0.15, 0.2) is 0 Å². The second kappa shape index (κ2) is 14.6. The zero-order valence-corrected chi connectivity index (χ0v) is 20.4. The van der Waals surface area contributed by atoms with Crippen LogP contribution in [0.2, 0.25) is 0 Å². The third kappa shape index (κ3) is 11.0. The molecule has 0 aliphatic rings. The molecule has 2 aromatic carbocycles. The van der Waals surface area contributed by atoms with E-state index in [1.165, 1.54) is 38.1 Å². The summed E-state index contributed by atoms with van der Waals surface area (Å²) >= 11 is 0. The lowest BCUT2D eigenvalue weighted by Crippen LogP contribution is -2.16. The molecule has 2 rings (SSSR count). The third-order valence-corrected chi connectivity index (χ3v) is 4.06. The normalized spacial score (nSPS) is 9.89. The van der Waals surface area contributed by atoms with Gasteiger partial charge in [0, 0.05) is 11.1 Å². The fourth-order valence-electron chi connectivity index (χ4n) is 2.30. The highest BCUT2D eigenvalue weighted by molar-refractivity contribution is 5.87. The number of hydrogen-bond acceptors (Lipinski definition) is 11. The molecular formula is C26H26O11. The van der Waals surface area contributed by atoms with E-state index >= 15 is 0 Å². The molecule has 0 saturated carbocycles. The van der Waals surface area contributed by atoms with Crippen molar-refractivity contribution < 1.29 is 52.3 Å². The summed E-state index contributed by atoms with van der Waals surface area (Å²) in [6.45, 7) is 9.32. The highest BCUT2D eigenvalue weighted by Gasteiger charge is 2.10. The van der Waals surface area contributed by atoms with Crippen molar-refractivity contribution in [3.8, 4) is 23.0 Å². The van der Waals surface area contributed by atoms with Gasteiger partial charge in [0.05, 0.1) is 0 Å². The van der Waals surface area contributed by atoms with Crippen molar-refractivity contribution in [2.75, 3.05) is 26.4 Å². The zero-order chi connectivity index (χ0) is 27.2. The van der Waals surface area contributed by atoms with Crippen LogP contribution < -0.4 is 14.2 Å². The average molecular weight is 514 g/mol. The van der Waals surface area contributed by atoms with Gasteiger partial charge in [-0.25, -0.2) is 19.2 Å². The predicted molar refractivity (Wildman–Crippen MR) is 128 cm³/mol. The lowest BCUT2D eigenvalue weighted by Gasteiger charge is -2.09. The second-order valence-corrected chi connectivity index (χ2v) is 7.28. The van der Waals surface area contributed by atoms with E-state index in [0.717, 1.165) is 0 Å². The van der Waals surface area contributed by atoms with Crippen LogP contribution in [0.5, 0.6) is 23.0 Å². The summed E-state index contributed by atoms with van der Waals surface area (Å²) in [5.74, 6) is 0.177. The van der Waals surface area contributed by atoms with Crippen molar-refractivity contribution in [3.63, 3.8) is 0 Å². The standard InChI is InChI=1S/C26H26O11/c1-17(2)23(27)31-13-15-33-25(29)36-21-9-5-19(6-10-21)35-20-7-11-22(12-8-20)37-26(30)34-16-14-32-24(28)18(3)4/h5-12H,1,3,13-16H2,2,4H3. The molecular weight excluding hydrogens is 488 g/mol. The largest absolute Gasteiger partial charge is 0.513 e. The number of hydrogen-bond donors (Lipinski definition) is 0. The van der Waals surface area contributed by atoms with E-state index in [1.54, 1.807) is 24.3 Å². The maximum atomic E-state index is 11.7. The van der Waals surface area contributed by atoms with Crippen LogP contribution >= 0.6 is 0 Å². The van der Waals surface area contributed by atoms with E-state index in [0.29, 0.717) is 11.5 Å². The summed E-state index contributed by atoms with van der Waals surface area (Å²) in [6.07, 6.45) is -1.91. The Morgan fingerprint density at radius 1 is 0.541 bits per heavy atom. The summed E-state index contributed by atoms with van der Waals surface area (Å²) in [7, 11) is 0. The minimum absolute atomic E-state index is 0.119. The van der Waals surface area contributed by atoms with Gasteiger partial charge in [0.1, 0.15) is 49.4 Å². The summed E-state index contributed by atoms with van der Waals surface area (Å²) in [5.41, 5.74) is 0.484. The van der Waals surface area contributed by atoms with Crippen molar-refractivity contribution in [1.82, 2.24) is 0 Å². The number of benzene rings is 2. The van der Waals surface area contributed by atoms with Crippen molar-refractivity contribution in [2.45, 2.75) is 13.8 Å². The maximum Gasteiger partial charge on any atom is 0.513 e. The molecule has 0 spiro atoms. The van der Waals surface area contributed by atoms with Gasteiger partial charge >= 0.3 is 24.2 Å². The molecule has 11 heteroatoms. The molecule has 11 nitrogen and oxygen atoms in total. The molecule has 0 fully saturated rings. The van der Waals surface area contributed by atoms with Crippen molar-refractivity contribution in [3.05, 3.63) is 72.8 Å². The Balaban J connectivity index is 1.71. The van der Waals surface area contributed by atoms with Crippen molar-refractivity contribution >= 4 is 24.2 Å². The number of rotatable bonds is 12.